The molecule has 3 aromatic rings. The zero-order chi connectivity index (χ0) is 43.1. The van der Waals surface area contributed by atoms with Crippen LogP contribution in [0.2, 0.25) is 0 Å². The number of carbonyl (C=O) groups excluding carboxylic acids is 3. The summed E-state index contributed by atoms with van der Waals surface area (Å²) in [5.74, 6) is -4.21. The monoisotopic (exact) mass is 823 g/mol. The van der Waals surface area contributed by atoms with Gasteiger partial charge in [-0.2, -0.15) is 15.2 Å². The van der Waals surface area contributed by atoms with Crippen LogP contribution in [-0.4, -0.2) is 92.9 Å². The first-order chi connectivity index (χ1) is 27.9. The van der Waals surface area contributed by atoms with Crippen molar-refractivity contribution in [3.8, 4) is 17.8 Å². The van der Waals surface area contributed by atoms with Crippen molar-refractivity contribution in [3.05, 3.63) is 83.2 Å². The zero-order valence-electron chi connectivity index (χ0n) is 33.7. The Bertz CT molecular complexity index is 2040. The number of carbonyl (C=O) groups is 3. The van der Waals surface area contributed by atoms with Gasteiger partial charge in [0, 0.05) is 31.4 Å². The van der Waals surface area contributed by atoms with Crippen molar-refractivity contribution >= 4 is 24.0 Å². The third kappa shape index (κ3) is 11.3. The maximum Gasteiger partial charge on any atom is 0.410 e. The maximum absolute atomic E-state index is 14.8. The fourth-order valence-corrected chi connectivity index (χ4v) is 6.77. The van der Waals surface area contributed by atoms with E-state index in [1.165, 1.54) is 29.7 Å². The number of aromatic nitrogens is 2. The molecule has 1 aromatic heterocycles. The number of hydrogen-bond donors (Lipinski definition) is 1. The normalized spacial score (nSPS) is 20.3. The number of rotatable bonds is 12. The molecule has 0 bridgehead atoms. The van der Waals surface area contributed by atoms with E-state index >= 15 is 0 Å². The van der Waals surface area contributed by atoms with Gasteiger partial charge in [-0.25, -0.2) is 27.6 Å². The van der Waals surface area contributed by atoms with Crippen molar-refractivity contribution in [2.45, 2.75) is 115 Å². The lowest BCUT2D eigenvalue weighted by Crippen LogP contribution is -2.49. The fourth-order valence-electron chi connectivity index (χ4n) is 6.77. The average Bonchev–Trinajstić information content (AvgIpc) is 3.57. The minimum atomic E-state index is -1.84. The number of ether oxygens (including phenoxy) is 4. The van der Waals surface area contributed by atoms with E-state index in [0.717, 1.165) is 23.8 Å². The summed E-state index contributed by atoms with van der Waals surface area (Å²) in [6.07, 6.45) is -3.63. The second kappa shape index (κ2) is 18.6. The molecule has 2 fully saturated rings. The van der Waals surface area contributed by atoms with Gasteiger partial charge in [0.15, 0.2) is 0 Å². The molecular formula is C41H48F3N7O8. The average molecular weight is 824 g/mol. The van der Waals surface area contributed by atoms with Crippen LogP contribution in [0.1, 0.15) is 84.2 Å². The molecule has 0 unspecified atom stereocenters. The van der Waals surface area contributed by atoms with Crippen LogP contribution in [0.5, 0.6) is 11.8 Å². The minimum Gasteiger partial charge on any atom is -0.474 e. The van der Waals surface area contributed by atoms with Gasteiger partial charge in [-0.3, -0.25) is 4.90 Å². The van der Waals surface area contributed by atoms with Gasteiger partial charge in [0.2, 0.25) is 23.4 Å². The SMILES string of the molecule is C[C@H](Oc1cc(O[C@H]2CCN(C(=O)OCc3ccccc3)[C@H](CC#N)C2)nc(C(N)=NOC(=O)C(C)(C)c2c(F)cccc2F)n1)[C@@H]1C[C@@H](F)CN1C(=O)OC(C)(C)C. The van der Waals surface area contributed by atoms with Crippen LogP contribution in [-0.2, 0) is 31.1 Å². The van der Waals surface area contributed by atoms with Gasteiger partial charge in [-0.05, 0) is 59.2 Å². The number of alkyl halides is 1. The van der Waals surface area contributed by atoms with Gasteiger partial charge in [-0.15, -0.1) is 0 Å². The summed E-state index contributed by atoms with van der Waals surface area (Å²) in [6.45, 7) is 9.23. The number of benzene rings is 2. The Balaban J connectivity index is 1.38. The quantitative estimate of drug-likeness (QED) is 0.0908. The summed E-state index contributed by atoms with van der Waals surface area (Å²) in [6, 6.07) is 14.4. The molecule has 59 heavy (non-hydrogen) atoms. The van der Waals surface area contributed by atoms with Crippen molar-refractivity contribution in [3.63, 3.8) is 0 Å². The van der Waals surface area contributed by atoms with Crippen LogP contribution in [0, 0.1) is 23.0 Å². The maximum atomic E-state index is 14.8. The highest BCUT2D eigenvalue weighted by molar-refractivity contribution is 5.94. The van der Waals surface area contributed by atoms with Crippen LogP contribution >= 0.6 is 0 Å². The first-order valence-corrected chi connectivity index (χ1v) is 19.1. The molecule has 0 saturated carbocycles. The molecule has 2 N–H and O–H groups in total. The van der Waals surface area contributed by atoms with E-state index in [1.54, 1.807) is 27.7 Å². The topological polar surface area (TPSA) is 192 Å². The fraction of sp³-hybridized carbons (Fsp3) is 0.488. The number of oxime groups is 1. The van der Waals surface area contributed by atoms with Crippen LogP contribution in [0.4, 0.5) is 22.8 Å². The molecule has 2 amide bonds. The number of nitriles is 1. The van der Waals surface area contributed by atoms with Crippen LogP contribution < -0.4 is 15.2 Å². The highest BCUT2D eigenvalue weighted by Gasteiger charge is 2.42. The first-order valence-electron chi connectivity index (χ1n) is 19.1. The summed E-state index contributed by atoms with van der Waals surface area (Å²) < 4.78 is 67.4. The molecule has 2 aliphatic heterocycles. The van der Waals surface area contributed by atoms with Gasteiger partial charge in [-0.1, -0.05) is 41.6 Å². The largest absolute Gasteiger partial charge is 0.474 e. The predicted octanol–water partition coefficient (Wildman–Crippen LogP) is 6.47. The number of amides is 2. The Labute approximate surface area is 340 Å². The number of piperidine rings is 1. The summed E-state index contributed by atoms with van der Waals surface area (Å²) in [5, 5.41) is 13.3. The predicted molar refractivity (Wildman–Crippen MR) is 206 cm³/mol. The van der Waals surface area contributed by atoms with Gasteiger partial charge in [0.1, 0.15) is 42.2 Å². The molecule has 15 nitrogen and oxygen atoms in total. The Kier molecular flexibility index (Phi) is 13.9. The first kappa shape index (κ1) is 44.0. The molecule has 0 spiro atoms. The van der Waals surface area contributed by atoms with Crippen molar-refractivity contribution in [2.24, 2.45) is 10.9 Å². The number of nitrogens with zero attached hydrogens (tertiary/aromatic N) is 6. The standard InChI is InChI=1S/C41H48F3N7O8/c1-24(31-19-26(42)22-51(31)39(54)58-40(2,3)4)56-32-21-33(48-36(47-32)35(46)49-59-37(52)41(5,6)34-29(43)13-10-14-30(34)44)57-28-16-18-50(27(20-28)15-17-45)38(53)55-23-25-11-8-7-9-12-25/h7-14,21,24,26-28,31H,15-16,18-20,22-23H2,1-6H3,(H2,46,49)/t24-,26+,27+,28-,31-/m0/s1. The molecule has 18 heteroatoms. The Morgan fingerprint density at radius 2 is 1.66 bits per heavy atom. The Morgan fingerprint density at radius 1 is 0.983 bits per heavy atom. The van der Waals surface area contributed by atoms with E-state index in [-0.39, 0.29) is 56.5 Å². The summed E-state index contributed by atoms with van der Waals surface area (Å²) in [4.78, 5) is 55.7. The van der Waals surface area contributed by atoms with Crippen LogP contribution in [0.3, 0.4) is 0 Å². The van der Waals surface area contributed by atoms with Crippen molar-refractivity contribution in [1.82, 2.24) is 19.8 Å². The molecule has 2 aromatic carbocycles. The van der Waals surface area contributed by atoms with Gasteiger partial charge in [0.05, 0.1) is 42.6 Å². The molecule has 316 valence electrons. The number of likely N-dealkylation sites (tertiary alicyclic amines) is 2. The van der Waals surface area contributed by atoms with Gasteiger partial charge < -0.3 is 34.4 Å². The van der Waals surface area contributed by atoms with E-state index < -0.39 is 82.7 Å². The number of amidine groups is 1. The summed E-state index contributed by atoms with van der Waals surface area (Å²) >= 11 is 0. The van der Waals surface area contributed by atoms with Crippen molar-refractivity contribution in [1.29, 1.82) is 5.26 Å². The molecule has 2 aliphatic rings. The van der Waals surface area contributed by atoms with Crippen LogP contribution in [0.15, 0.2) is 59.8 Å². The number of halogens is 3. The molecule has 3 heterocycles. The molecule has 5 rings (SSSR count). The van der Waals surface area contributed by atoms with E-state index in [2.05, 4.69) is 21.2 Å². The number of hydrogen-bond acceptors (Lipinski definition) is 12. The van der Waals surface area contributed by atoms with Crippen LogP contribution in [0.25, 0.3) is 0 Å². The molecular weight excluding hydrogens is 775 g/mol. The second-order valence-corrected chi connectivity index (χ2v) is 15.8. The van der Waals surface area contributed by atoms with E-state index in [4.69, 9.17) is 29.5 Å². The smallest absolute Gasteiger partial charge is 0.410 e. The highest BCUT2D eigenvalue weighted by atomic mass is 19.1. The summed E-state index contributed by atoms with van der Waals surface area (Å²) in [5.41, 5.74) is 3.80. The van der Waals surface area contributed by atoms with E-state index in [1.807, 2.05) is 30.3 Å². The van der Waals surface area contributed by atoms with E-state index in [0.29, 0.717) is 6.42 Å². The number of nitrogens with two attached hydrogens (primary N) is 1. The summed E-state index contributed by atoms with van der Waals surface area (Å²) in [7, 11) is 0. The zero-order valence-corrected chi connectivity index (χ0v) is 33.7. The third-order valence-corrected chi connectivity index (χ3v) is 9.72. The molecule has 2 saturated heterocycles. The second-order valence-electron chi connectivity index (χ2n) is 15.8. The minimum absolute atomic E-state index is 0.00952. The van der Waals surface area contributed by atoms with Gasteiger partial charge in [0.25, 0.3) is 0 Å². The third-order valence-electron chi connectivity index (χ3n) is 9.72. The Hall–Kier alpha value is -6.12. The van der Waals surface area contributed by atoms with Gasteiger partial charge >= 0.3 is 18.2 Å². The lowest BCUT2D eigenvalue weighted by molar-refractivity contribution is -0.149. The molecule has 0 aliphatic carbocycles. The lowest BCUT2D eigenvalue weighted by atomic mass is 9.84. The molecule has 5 atom stereocenters. The highest BCUT2D eigenvalue weighted by Crippen LogP contribution is 2.32. The lowest BCUT2D eigenvalue weighted by Gasteiger charge is -2.37. The molecule has 0 radical (unpaired) electrons. The van der Waals surface area contributed by atoms with E-state index in [9.17, 15) is 32.8 Å². The van der Waals surface area contributed by atoms with Crippen molar-refractivity contribution in [2.75, 3.05) is 13.1 Å². The van der Waals surface area contributed by atoms with Crippen molar-refractivity contribution < 1.29 is 51.3 Å². The Morgan fingerprint density at radius 3 is 2.32 bits per heavy atom.